The van der Waals surface area contributed by atoms with Crippen LogP contribution < -0.4 is 0 Å². The highest BCUT2D eigenvalue weighted by atomic mass is 28.4. The lowest BCUT2D eigenvalue weighted by molar-refractivity contribution is -0.0987. The summed E-state index contributed by atoms with van der Waals surface area (Å²) in [6, 6.07) is 11.5. The molecule has 0 aliphatic rings. The quantitative estimate of drug-likeness (QED) is 0.445. The molecule has 1 N–H and O–H groups in total. The van der Waals surface area contributed by atoms with Crippen molar-refractivity contribution < 1.29 is 27.1 Å². The highest BCUT2D eigenvalue weighted by Crippen LogP contribution is 2.39. The maximum Gasteiger partial charge on any atom is 0.415 e. The minimum atomic E-state index is -4.73. The van der Waals surface area contributed by atoms with E-state index in [4.69, 9.17) is 8.84 Å². The van der Waals surface area contributed by atoms with Gasteiger partial charge in [-0.3, -0.25) is 0 Å². The van der Waals surface area contributed by atoms with Gasteiger partial charge < -0.3 is 13.9 Å². The average molecular weight is 437 g/mol. The Labute approximate surface area is 176 Å². The van der Waals surface area contributed by atoms with Gasteiger partial charge in [-0.2, -0.15) is 13.2 Å². The molecule has 162 valence electrons. The van der Waals surface area contributed by atoms with Crippen LogP contribution in [0.2, 0.25) is 18.1 Å². The molecule has 1 atom stereocenters. The Balaban J connectivity index is 2.56. The number of halogens is 3. The van der Waals surface area contributed by atoms with Crippen LogP contribution >= 0.6 is 0 Å². The van der Waals surface area contributed by atoms with Gasteiger partial charge in [0.1, 0.15) is 11.9 Å². The third-order valence-corrected chi connectivity index (χ3v) is 9.73. The molecule has 7 heteroatoms. The summed E-state index contributed by atoms with van der Waals surface area (Å²) in [7, 11) is -2.47. The second kappa shape index (κ2) is 9.25. The zero-order valence-electron chi connectivity index (χ0n) is 17.8. The molecule has 1 heterocycles. The Morgan fingerprint density at radius 2 is 1.73 bits per heavy atom. The topological polar surface area (TPSA) is 42.6 Å². The van der Waals surface area contributed by atoms with E-state index in [1.807, 2.05) is 33.9 Å². The van der Waals surface area contributed by atoms with E-state index in [2.05, 4.69) is 11.8 Å². The first-order valence-corrected chi connectivity index (χ1v) is 12.5. The van der Waals surface area contributed by atoms with Crippen molar-refractivity contribution in [2.24, 2.45) is 0 Å². The minimum absolute atomic E-state index is 0.0126. The van der Waals surface area contributed by atoms with Gasteiger partial charge in [0.2, 0.25) is 0 Å². The lowest BCUT2D eigenvalue weighted by atomic mass is 10.0. The maximum atomic E-state index is 14.0. The Bertz CT molecular complexity index is 913. The van der Waals surface area contributed by atoms with Gasteiger partial charge in [0, 0.05) is 11.1 Å². The van der Waals surface area contributed by atoms with Crippen LogP contribution in [0.1, 0.15) is 38.2 Å². The van der Waals surface area contributed by atoms with Crippen molar-refractivity contribution in [2.45, 2.75) is 51.2 Å². The molecule has 1 unspecified atom stereocenters. The molecule has 0 spiro atoms. The van der Waals surface area contributed by atoms with E-state index in [1.54, 1.807) is 30.3 Å². The van der Waals surface area contributed by atoms with E-state index < -0.39 is 38.4 Å². The SMILES string of the molecule is CC(C)(C)[Si](C)(C)OC/C(=C(/C#Cc1ccccc1)C(O)c1ccco1)C(F)(F)F. The summed E-state index contributed by atoms with van der Waals surface area (Å²) in [5.74, 6) is 5.24. The van der Waals surface area contributed by atoms with Crippen molar-refractivity contribution in [2.75, 3.05) is 6.61 Å². The van der Waals surface area contributed by atoms with Gasteiger partial charge in [0.25, 0.3) is 0 Å². The second-order valence-corrected chi connectivity index (χ2v) is 13.3. The molecule has 1 aromatic heterocycles. The molecular formula is C23H27F3O3Si. The van der Waals surface area contributed by atoms with Crippen LogP contribution in [-0.4, -0.2) is 26.2 Å². The number of alkyl halides is 3. The summed E-state index contributed by atoms with van der Waals surface area (Å²) in [4.78, 5) is 0. The molecule has 0 saturated carbocycles. The first kappa shape index (κ1) is 24.0. The van der Waals surface area contributed by atoms with E-state index in [9.17, 15) is 18.3 Å². The van der Waals surface area contributed by atoms with Crippen molar-refractivity contribution >= 4 is 8.32 Å². The van der Waals surface area contributed by atoms with Crippen LogP contribution in [0, 0.1) is 11.8 Å². The Hall–Kier alpha value is -2.27. The summed E-state index contributed by atoms with van der Waals surface area (Å²) in [5.41, 5.74) is -0.937. The summed E-state index contributed by atoms with van der Waals surface area (Å²) < 4.78 is 53.1. The smallest absolute Gasteiger partial charge is 0.415 e. The van der Waals surface area contributed by atoms with Gasteiger partial charge in [0.15, 0.2) is 8.32 Å². The Morgan fingerprint density at radius 1 is 1.10 bits per heavy atom. The molecule has 30 heavy (non-hydrogen) atoms. The largest absolute Gasteiger partial charge is 0.466 e. The number of furan rings is 1. The van der Waals surface area contributed by atoms with E-state index in [0.717, 1.165) is 0 Å². The average Bonchev–Trinajstić information content (AvgIpc) is 3.17. The van der Waals surface area contributed by atoms with Gasteiger partial charge in [-0.1, -0.05) is 50.8 Å². The number of hydrogen-bond donors (Lipinski definition) is 1. The van der Waals surface area contributed by atoms with Crippen LogP contribution in [-0.2, 0) is 4.43 Å². The molecule has 0 fully saturated rings. The van der Waals surface area contributed by atoms with E-state index in [-0.39, 0.29) is 10.8 Å². The van der Waals surface area contributed by atoms with Crippen molar-refractivity contribution in [3.8, 4) is 11.8 Å². The van der Waals surface area contributed by atoms with Gasteiger partial charge >= 0.3 is 6.18 Å². The number of aliphatic hydroxyl groups excluding tert-OH is 1. The summed E-state index contributed by atoms with van der Waals surface area (Å²) in [6.07, 6.45) is -5.09. The van der Waals surface area contributed by atoms with Crippen molar-refractivity contribution in [1.29, 1.82) is 0 Å². The predicted octanol–water partition coefficient (Wildman–Crippen LogP) is 6.25. The fraction of sp³-hybridized carbons (Fsp3) is 0.391. The third kappa shape index (κ3) is 6.11. The lowest BCUT2D eigenvalue weighted by Crippen LogP contribution is -2.42. The fourth-order valence-corrected chi connectivity index (χ4v) is 3.28. The fourth-order valence-electron chi connectivity index (χ4n) is 2.34. The molecule has 2 rings (SSSR count). The van der Waals surface area contributed by atoms with Crippen LogP contribution in [0.5, 0.6) is 0 Å². The van der Waals surface area contributed by atoms with Crippen molar-refractivity contribution in [3.05, 3.63) is 71.2 Å². The second-order valence-electron chi connectivity index (χ2n) is 8.47. The minimum Gasteiger partial charge on any atom is -0.466 e. The predicted molar refractivity (Wildman–Crippen MR) is 113 cm³/mol. The maximum absolute atomic E-state index is 14.0. The van der Waals surface area contributed by atoms with Crippen molar-refractivity contribution in [3.63, 3.8) is 0 Å². The number of hydrogen-bond acceptors (Lipinski definition) is 3. The molecule has 0 bridgehead atoms. The van der Waals surface area contributed by atoms with Crippen LogP contribution in [0.15, 0.2) is 64.3 Å². The lowest BCUT2D eigenvalue weighted by Gasteiger charge is -2.36. The van der Waals surface area contributed by atoms with E-state index in [0.29, 0.717) is 5.56 Å². The summed E-state index contributed by atoms with van der Waals surface area (Å²) in [5, 5.41) is 10.4. The number of rotatable bonds is 5. The molecule has 0 radical (unpaired) electrons. The van der Waals surface area contributed by atoms with Gasteiger partial charge in [-0.25, -0.2) is 0 Å². The Morgan fingerprint density at radius 3 is 2.23 bits per heavy atom. The summed E-state index contributed by atoms with van der Waals surface area (Å²) >= 11 is 0. The molecule has 1 aromatic carbocycles. The van der Waals surface area contributed by atoms with Crippen LogP contribution in [0.4, 0.5) is 13.2 Å². The number of benzene rings is 1. The first-order valence-electron chi connectivity index (χ1n) is 9.55. The van der Waals surface area contributed by atoms with E-state index in [1.165, 1.54) is 18.4 Å². The molecule has 2 aromatic rings. The van der Waals surface area contributed by atoms with Gasteiger partial charge in [0.05, 0.1) is 18.4 Å². The normalized spacial score (nSPS) is 14.6. The van der Waals surface area contributed by atoms with E-state index >= 15 is 0 Å². The Kier molecular flexibility index (Phi) is 7.40. The molecule has 0 saturated heterocycles. The van der Waals surface area contributed by atoms with Gasteiger partial charge in [-0.05, 0) is 42.4 Å². The van der Waals surface area contributed by atoms with Crippen molar-refractivity contribution in [1.82, 2.24) is 0 Å². The third-order valence-electron chi connectivity index (χ3n) is 5.25. The van der Waals surface area contributed by atoms with Crippen LogP contribution in [0.25, 0.3) is 0 Å². The van der Waals surface area contributed by atoms with Gasteiger partial charge in [-0.15, -0.1) is 0 Å². The highest BCUT2D eigenvalue weighted by Gasteiger charge is 2.42. The van der Waals surface area contributed by atoms with Crippen LogP contribution in [0.3, 0.4) is 0 Å². The molecule has 0 aliphatic heterocycles. The monoisotopic (exact) mass is 436 g/mol. The molecule has 0 amide bonds. The number of aliphatic hydroxyl groups is 1. The molecular weight excluding hydrogens is 409 g/mol. The molecule has 3 nitrogen and oxygen atoms in total. The standard InChI is InChI=1S/C23H27F3O3Si/c1-22(2,3)30(4,5)29-16-19(23(24,25)26)18(21(27)20-12-9-15-28-20)14-13-17-10-7-6-8-11-17/h6-12,15,21,27H,16H2,1-5H3/b19-18+. The zero-order chi connectivity index (χ0) is 22.6. The first-order chi connectivity index (χ1) is 13.8. The zero-order valence-corrected chi connectivity index (χ0v) is 18.8. The highest BCUT2D eigenvalue weighted by molar-refractivity contribution is 6.74. The summed E-state index contributed by atoms with van der Waals surface area (Å²) in [6.45, 7) is 8.91. The molecule has 0 aliphatic carbocycles.